The third kappa shape index (κ3) is 3.07. The molecule has 1 aliphatic carbocycles. The largest absolute Gasteiger partial charge is 0.335 e. The number of hydrogen-bond acceptors (Lipinski definition) is 3. The molecule has 3 heterocycles. The van der Waals surface area contributed by atoms with Crippen LogP contribution >= 0.6 is 11.3 Å². The lowest BCUT2D eigenvalue weighted by Crippen LogP contribution is -2.49. The number of nitrogens with one attached hydrogen (secondary N) is 1. The van der Waals surface area contributed by atoms with Gasteiger partial charge in [-0.15, -0.1) is 11.3 Å². The van der Waals surface area contributed by atoms with Crippen LogP contribution < -0.4 is 0 Å². The summed E-state index contributed by atoms with van der Waals surface area (Å²) in [6.45, 7) is 0.926. The number of nitrogens with zero attached hydrogens (tertiary/aromatic N) is 2. The molecule has 1 saturated carbocycles. The van der Waals surface area contributed by atoms with Gasteiger partial charge in [0, 0.05) is 24.2 Å². The fourth-order valence-electron chi connectivity index (χ4n) is 4.03. The number of amides is 1. The molecule has 2 aromatic rings. The number of aromatic nitrogens is 2. The van der Waals surface area contributed by atoms with Crippen molar-refractivity contribution in [3.63, 3.8) is 0 Å². The standard InChI is InChI=1S/C17H21N3OS.CH4/c21-17(13-10-16(22-11-13)14-7-8-18-19-14)20-9-3-5-12-4-1-2-6-15(12)20;/h7-8,10-12,15H,1-6,9H2,(H,18,19);1H4. The molecule has 23 heavy (non-hydrogen) atoms. The number of carbonyl (C=O) groups excluding carboxylic acids is 1. The van der Waals surface area contributed by atoms with Crippen molar-refractivity contribution < 1.29 is 4.79 Å². The normalized spacial score (nSPS) is 23.9. The third-order valence-electron chi connectivity index (χ3n) is 5.12. The molecule has 2 unspecified atom stereocenters. The number of carbonyl (C=O) groups is 1. The smallest absolute Gasteiger partial charge is 0.254 e. The number of H-pyrrole nitrogens is 1. The topological polar surface area (TPSA) is 49.0 Å². The molecule has 2 aromatic heterocycles. The molecule has 0 radical (unpaired) electrons. The Morgan fingerprint density at radius 1 is 1.26 bits per heavy atom. The van der Waals surface area contributed by atoms with Crippen LogP contribution in [0.15, 0.2) is 23.7 Å². The summed E-state index contributed by atoms with van der Waals surface area (Å²) in [4.78, 5) is 16.2. The van der Waals surface area contributed by atoms with Gasteiger partial charge in [0.15, 0.2) is 0 Å². The quantitative estimate of drug-likeness (QED) is 0.876. The molecule has 0 aromatic carbocycles. The highest BCUT2D eigenvalue weighted by Gasteiger charge is 2.36. The van der Waals surface area contributed by atoms with Gasteiger partial charge in [0.1, 0.15) is 0 Å². The molecule has 0 spiro atoms. The molecule has 1 saturated heterocycles. The van der Waals surface area contributed by atoms with E-state index < -0.39 is 0 Å². The number of hydrogen-bond donors (Lipinski definition) is 1. The monoisotopic (exact) mass is 331 g/mol. The minimum Gasteiger partial charge on any atom is -0.335 e. The van der Waals surface area contributed by atoms with E-state index in [4.69, 9.17) is 0 Å². The maximum atomic E-state index is 12.9. The van der Waals surface area contributed by atoms with E-state index in [1.54, 1.807) is 17.5 Å². The van der Waals surface area contributed by atoms with Crippen LogP contribution in [0.5, 0.6) is 0 Å². The second-order valence-electron chi connectivity index (χ2n) is 6.42. The summed E-state index contributed by atoms with van der Waals surface area (Å²) in [6, 6.07) is 4.43. The molecule has 1 aliphatic heterocycles. The lowest BCUT2D eigenvalue weighted by Gasteiger charge is -2.44. The summed E-state index contributed by atoms with van der Waals surface area (Å²) < 4.78 is 0. The van der Waals surface area contributed by atoms with E-state index in [9.17, 15) is 4.79 Å². The van der Waals surface area contributed by atoms with E-state index in [1.807, 2.05) is 17.5 Å². The highest BCUT2D eigenvalue weighted by Crippen LogP contribution is 2.36. The highest BCUT2D eigenvalue weighted by atomic mass is 32.1. The summed E-state index contributed by atoms with van der Waals surface area (Å²) in [5, 5.41) is 8.94. The second-order valence-corrected chi connectivity index (χ2v) is 7.33. The first-order chi connectivity index (χ1) is 10.8. The predicted molar refractivity (Wildman–Crippen MR) is 94.6 cm³/mol. The molecule has 124 valence electrons. The molecule has 4 nitrogen and oxygen atoms in total. The van der Waals surface area contributed by atoms with E-state index in [2.05, 4.69) is 15.1 Å². The van der Waals surface area contributed by atoms with Crippen molar-refractivity contribution in [2.24, 2.45) is 5.92 Å². The fraction of sp³-hybridized carbons (Fsp3) is 0.556. The van der Waals surface area contributed by atoms with Crippen LogP contribution in [-0.2, 0) is 0 Å². The first-order valence-electron chi connectivity index (χ1n) is 8.22. The molecule has 1 amide bonds. The SMILES string of the molecule is C.O=C(c1csc(-c2ccn[nH]2)c1)N1CCCC2CCCCC21. The summed E-state index contributed by atoms with van der Waals surface area (Å²) >= 11 is 1.61. The number of aromatic amines is 1. The van der Waals surface area contributed by atoms with Crippen LogP contribution in [0.2, 0.25) is 0 Å². The number of thiophene rings is 1. The van der Waals surface area contributed by atoms with Crippen LogP contribution in [0, 0.1) is 5.92 Å². The van der Waals surface area contributed by atoms with Gasteiger partial charge >= 0.3 is 0 Å². The van der Waals surface area contributed by atoms with Crippen molar-refractivity contribution in [2.75, 3.05) is 6.54 Å². The highest BCUT2D eigenvalue weighted by molar-refractivity contribution is 7.13. The third-order valence-corrected chi connectivity index (χ3v) is 6.08. The van der Waals surface area contributed by atoms with Crippen LogP contribution in [0.4, 0.5) is 0 Å². The van der Waals surface area contributed by atoms with E-state index in [0.29, 0.717) is 6.04 Å². The maximum absolute atomic E-state index is 12.9. The van der Waals surface area contributed by atoms with Crippen LogP contribution in [0.1, 0.15) is 56.3 Å². The molecule has 2 atom stereocenters. The summed E-state index contributed by atoms with van der Waals surface area (Å²) in [6.07, 6.45) is 9.31. The fourth-order valence-corrected chi connectivity index (χ4v) is 4.88. The van der Waals surface area contributed by atoms with Crippen molar-refractivity contribution in [1.82, 2.24) is 15.1 Å². The summed E-state index contributed by atoms with van der Waals surface area (Å²) in [5.41, 5.74) is 1.82. The van der Waals surface area contributed by atoms with E-state index >= 15 is 0 Å². The van der Waals surface area contributed by atoms with Crippen molar-refractivity contribution >= 4 is 17.2 Å². The summed E-state index contributed by atoms with van der Waals surface area (Å²) in [5.74, 6) is 0.954. The molecular weight excluding hydrogens is 306 g/mol. The summed E-state index contributed by atoms with van der Waals surface area (Å²) in [7, 11) is 0. The molecule has 2 aliphatic rings. The van der Waals surface area contributed by atoms with Gasteiger partial charge in [0.25, 0.3) is 5.91 Å². The van der Waals surface area contributed by atoms with Crippen LogP contribution in [0.25, 0.3) is 10.6 Å². The van der Waals surface area contributed by atoms with Gasteiger partial charge < -0.3 is 4.90 Å². The van der Waals surface area contributed by atoms with E-state index in [-0.39, 0.29) is 13.3 Å². The Labute approximate surface area is 141 Å². The first kappa shape index (κ1) is 16.2. The van der Waals surface area contributed by atoms with Crippen molar-refractivity contribution in [3.05, 3.63) is 29.3 Å². The van der Waals surface area contributed by atoms with Crippen molar-refractivity contribution in [2.45, 2.75) is 52.0 Å². The van der Waals surface area contributed by atoms with Gasteiger partial charge in [-0.2, -0.15) is 5.10 Å². The Morgan fingerprint density at radius 2 is 2.09 bits per heavy atom. The number of piperidine rings is 1. The Hall–Kier alpha value is -1.62. The zero-order valence-corrected chi connectivity index (χ0v) is 13.4. The molecule has 2 fully saturated rings. The van der Waals surface area contributed by atoms with Gasteiger partial charge in [-0.3, -0.25) is 9.89 Å². The van der Waals surface area contributed by atoms with E-state index in [1.165, 1.54) is 32.1 Å². The Bertz CT molecular complexity index is 647. The lowest BCUT2D eigenvalue weighted by molar-refractivity contribution is 0.0391. The van der Waals surface area contributed by atoms with Gasteiger partial charge in [-0.1, -0.05) is 20.3 Å². The maximum Gasteiger partial charge on any atom is 0.254 e. The average Bonchev–Trinajstić information content (AvgIpc) is 3.24. The lowest BCUT2D eigenvalue weighted by atomic mass is 9.78. The minimum atomic E-state index is 0. The molecule has 5 heteroatoms. The number of likely N-dealkylation sites (tertiary alicyclic amines) is 1. The molecule has 0 bridgehead atoms. The average molecular weight is 331 g/mol. The first-order valence-corrected chi connectivity index (χ1v) is 9.10. The Balaban J connectivity index is 0.00000156. The Morgan fingerprint density at radius 3 is 2.91 bits per heavy atom. The van der Waals surface area contributed by atoms with Gasteiger partial charge in [0.05, 0.1) is 16.1 Å². The second kappa shape index (κ2) is 6.87. The van der Waals surface area contributed by atoms with Crippen LogP contribution in [-0.4, -0.2) is 33.6 Å². The number of fused-ring (bicyclic) bond motifs is 1. The van der Waals surface area contributed by atoms with Gasteiger partial charge in [0.2, 0.25) is 0 Å². The Kier molecular flexibility index (Phi) is 4.85. The van der Waals surface area contributed by atoms with Crippen molar-refractivity contribution in [3.8, 4) is 10.6 Å². The predicted octanol–water partition coefficient (Wildman–Crippen LogP) is 4.57. The molecule has 1 N–H and O–H groups in total. The number of rotatable bonds is 2. The van der Waals surface area contributed by atoms with Gasteiger partial charge in [-0.25, -0.2) is 0 Å². The molecule has 4 rings (SSSR count). The zero-order valence-electron chi connectivity index (χ0n) is 12.6. The van der Waals surface area contributed by atoms with Crippen molar-refractivity contribution in [1.29, 1.82) is 0 Å². The van der Waals surface area contributed by atoms with Crippen LogP contribution in [0.3, 0.4) is 0 Å². The van der Waals surface area contributed by atoms with Gasteiger partial charge in [-0.05, 0) is 43.7 Å². The zero-order chi connectivity index (χ0) is 14.9. The molecular formula is C18H25N3OS. The van der Waals surface area contributed by atoms with E-state index in [0.717, 1.165) is 35.0 Å². The minimum absolute atomic E-state index is 0.